The maximum Gasteiger partial charge on any atom is 0.326 e. The van der Waals surface area contributed by atoms with Crippen molar-refractivity contribution in [2.24, 2.45) is 29.2 Å². The first-order valence-corrected chi connectivity index (χ1v) is 25.3. The maximum atomic E-state index is 14.4. The molecule has 0 saturated carbocycles. The number of amides is 9. The molecule has 26 heteroatoms. The van der Waals surface area contributed by atoms with E-state index in [1.165, 1.54) is 23.8 Å². The summed E-state index contributed by atoms with van der Waals surface area (Å²) in [5.74, 6) is -9.93. The molecule has 3 heterocycles. The Hall–Kier alpha value is -7.74. The molecule has 0 unspecified atom stereocenters. The van der Waals surface area contributed by atoms with Gasteiger partial charge < -0.3 is 73.8 Å². The Balaban J connectivity index is 1.53. The number of likely N-dealkylation sites (tertiary alicyclic amines) is 1. The second kappa shape index (κ2) is 29.4. The molecule has 1 aliphatic heterocycles. The lowest BCUT2D eigenvalue weighted by atomic mass is 9.99. The second-order valence-electron chi connectivity index (χ2n) is 20.1. The number of carbonyl (C=O) groups is 10. The Morgan fingerprint density at radius 3 is 1.68 bits per heavy atom. The van der Waals surface area contributed by atoms with Gasteiger partial charge in [0.1, 0.15) is 48.3 Å². The monoisotopic (exact) mass is 1060 g/mol. The lowest BCUT2D eigenvalue weighted by Crippen LogP contribution is -2.62. The van der Waals surface area contributed by atoms with Gasteiger partial charge >= 0.3 is 5.97 Å². The summed E-state index contributed by atoms with van der Waals surface area (Å²) < 4.78 is 0. The molecule has 9 atom stereocenters. The number of primary amides is 1. The van der Waals surface area contributed by atoms with Gasteiger partial charge in [-0.2, -0.15) is 0 Å². The number of imidazole rings is 2. The lowest BCUT2D eigenvalue weighted by molar-refractivity contribution is -0.143. The van der Waals surface area contributed by atoms with Crippen LogP contribution < -0.4 is 48.7 Å². The van der Waals surface area contributed by atoms with Crippen molar-refractivity contribution < 1.29 is 58.2 Å². The number of carbonyl (C=O) groups excluding carboxylic acids is 9. The quantitative estimate of drug-likeness (QED) is 0.0330. The summed E-state index contributed by atoms with van der Waals surface area (Å²) in [5, 5.41) is 38.0. The van der Waals surface area contributed by atoms with Crippen LogP contribution in [0.2, 0.25) is 0 Å². The highest BCUT2D eigenvalue weighted by Gasteiger charge is 2.39. The molecular weight excluding hydrogens is 989 g/mol. The first kappa shape index (κ1) is 60.8. The summed E-state index contributed by atoms with van der Waals surface area (Å²) in [7, 11) is 0. The number of nitrogens with one attached hydrogen (secondary N) is 9. The zero-order chi connectivity index (χ0) is 56.2. The summed E-state index contributed by atoms with van der Waals surface area (Å²) >= 11 is 0. The van der Waals surface area contributed by atoms with Gasteiger partial charge in [0.2, 0.25) is 53.2 Å². The van der Waals surface area contributed by atoms with E-state index in [1.54, 1.807) is 64.2 Å². The van der Waals surface area contributed by atoms with Crippen molar-refractivity contribution in [2.45, 2.75) is 147 Å². The molecule has 3 aromatic rings. The molecule has 0 radical (unpaired) electrons. The second-order valence-corrected chi connectivity index (χ2v) is 20.1. The van der Waals surface area contributed by atoms with Crippen LogP contribution in [0, 0.1) is 17.8 Å². The van der Waals surface area contributed by atoms with Crippen molar-refractivity contribution in [3.05, 3.63) is 72.3 Å². The van der Waals surface area contributed by atoms with E-state index in [0.717, 1.165) is 0 Å². The third-order valence-electron chi connectivity index (χ3n) is 12.4. The fraction of sp³-hybridized carbons (Fsp3) is 0.560. The van der Waals surface area contributed by atoms with Crippen LogP contribution in [-0.4, -0.2) is 162 Å². The van der Waals surface area contributed by atoms with Crippen LogP contribution in [-0.2, 0) is 67.2 Å². The fourth-order valence-corrected chi connectivity index (χ4v) is 8.53. The van der Waals surface area contributed by atoms with E-state index in [-0.39, 0.29) is 50.5 Å². The number of nitrogens with two attached hydrogens (primary N) is 2. The molecule has 4 rings (SSSR count). The third-order valence-corrected chi connectivity index (χ3v) is 12.4. The lowest BCUT2D eigenvalue weighted by Gasteiger charge is -2.29. The number of hydrogen-bond acceptors (Lipinski definition) is 14. The summed E-state index contributed by atoms with van der Waals surface area (Å²) in [6.07, 6.45) is 5.75. The summed E-state index contributed by atoms with van der Waals surface area (Å²) in [6.45, 7) is 9.59. The average Bonchev–Trinajstić information content (AvgIpc) is 4.18. The van der Waals surface area contributed by atoms with Gasteiger partial charge in [-0.15, -0.1) is 0 Å². The normalized spacial score (nSPS) is 16.5. The van der Waals surface area contributed by atoms with E-state index in [9.17, 15) is 58.2 Å². The molecular formula is C50H74N14O12. The number of aromatic amines is 2. The van der Waals surface area contributed by atoms with Crippen LogP contribution in [0.25, 0.3) is 0 Å². The topological polar surface area (TPSA) is 408 Å². The molecule has 15 N–H and O–H groups in total. The Morgan fingerprint density at radius 1 is 0.645 bits per heavy atom. The number of aliphatic hydroxyl groups excluding tert-OH is 1. The van der Waals surface area contributed by atoms with Crippen LogP contribution in [0.1, 0.15) is 90.6 Å². The van der Waals surface area contributed by atoms with Gasteiger partial charge in [-0.05, 0) is 49.0 Å². The minimum absolute atomic E-state index is 0.0414. The minimum Gasteiger partial charge on any atom is -0.480 e. The van der Waals surface area contributed by atoms with Crippen LogP contribution in [0.5, 0.6) is 0 Å². The molecule has 1 fully saturated rings. The van der Waals surface area contributed by atoms with E-state index in [4.69, 9.17) is 11.5 Å². The van der Waals surface area contributed by atoms with Crippen LogP contribution >= 0.6 is 0 Å². The first-order chi connectivity index (χ1) is 36.0. The zero-order valence-electron chi connectivity index (χ0n) is 43.7. The molecule has 416 valence electrons. The van der Waals surface area contributed by atoms with Gasteiger partial charge in [-0.1, -0.05) is 71.9 Å². The number of benzene rings is 1. The van der Waals surface area contributed by atoms with Gasteiger partial charge in [0, 0.05) is 49.6 Å². The number of aromatic nitrogens is 4. The third kappa shape index (κ3) is 18.9. The molecule has 26 nitrogen and oxygen atoms in total. The van der Waals surface area contributed by atoms with Crippen molar-refractivity contribution >= 4 is 59.1 Å². The Morgan fingerprint density at radius 2 is 1.14 bits per heavy atom. The van der Waals surface area contributed by atoms with E-state index in [0.29, 0.717) is 29.8 Å². The van der Waals surface area contributed by atoms with E-state index in [1.807, 2.05) is 13.8 Å². The number of aliphatic carboxylic acids is 1. The van der Waals surface area contributed by atoms with Crippen molar-refractivity contribution in [1.29, 1.82) is 0 Å². The van der Waals surface area contributed by atoms with E-state index in [2.05, 4.69) is 57.2 Å². The smallest absolute Gasteiger partial charge is 0.326 e. The molecule has 1 aromatic carbocycles. The van der Waals surface area contributed by atoms with Crippen molar-refractivity contribution in [3.8, 4) is 0 Å². The van der Waals surface area contributed by atoms with Gasteiger partial charge in [0.05, 0.1) is 31.7 Å². The Bertz CT molecular complexity index is 2440. The van der Waals surface area contributed by atoms with Gasteiger partial charge in [0.15, 0.2) is 0 Å². The summed E-state index contributed by atoms with van der Waals surface area (Å²) in [6, 6.07) is -3.60. The predicted molar refractivity (Wildman–Crippen MR) is 273 cm³/mol. The maximum absolute atomic E-state index is 14.4. The minimum atomic E-state index is -1.67. The molecule has 0 spiro atoms. The highest BCUT2D eigenvalue weighted by Crippen LogP contribution is 2.20. The standard InChI is InChI=1S/C50H74N14O12/c1-26(2)15-33(59-47(72)39-13-10-14-64(39)49(74)32(51)18-30-21-53-24-55-30)42(67)62-38(23-65)46(71)58-35(19-31-22-54-25-56-31)43(68)57-34(17-29-11-8-7-9-12-29)45(70)63-41(28(5)6)48(73)60-36(20-40(52)66)44(69)61-37(50(75)76)16-27(3)4/h7-9,11-12,21-22,24-28,32-39,41,65H,10,13-20,23,51H2,1-6H3,(H2,52,66)(H,53,55)(H,54,56)(H,57,68)(H,58,71)(H,59,72)(H,60,73)(H,61,69)(H,62,67)(H,63,70)(H,75,76)/t32-,33-,34-,35-,36-,37-,38-,39-,41-/m0/s1. The molecule has 9 amide bonds. The molecule has 1 saturated heterocycles. The SMILES string of the molecule is CC(C)C[C@H](NC(=O)[C@H](CC(N)=O)NC(=O)[C@@H](NC(=O)[C@H](Cc1ccccc1)NC(=O)[C@H](Cc1cnc[nH]1)NC(=O)[C@H](CO)NC(=O)[C@H](CC(C)C)NC(=O)[C@@H]1CCCN1C(=O)[C@@H](N)Cc1cnc[nH]1)C(C)C)C(=O)O. The summed E-state index contributed by atoms with van der Waals surface area (Å²) in [4.78, 5) is 150. The molecule has 2 aromatic heterocycles. The molecule has 1 aliphatic rings. The average molecular weight is 1060 g/mol. The highest BCUT2D eigenvalue weighted by atomic mass is 16.4. The van der Waals surface area contributed by atoms with E-state index >= 15 is 0 Å². The summed E-state index contributed by atoms with van der Waals surface area (Å²) in [5.41, 5.74) is 13.2. The van der Waals surface area contributed by atoms with Gasteiger partial charge in [-0.25, -0.2) is 14.8 Å². The number of carboxylic acid groups (broad SMARTS) is 1. The van der Waals surface area contributed by atoms with E-state index < -0.39 is 132 Å². The first-order valence-electron chi connectivity index (χ1n) is 25.3. The highest BCUT2D eigenvalue weighted by molar-refractivity contribution is 5.99. The molecule has 0 bridgehead atoms. The Kier molecular flexibility index (Phi) is 23.5. The van der Waals surface area contributed by atoms with Crippen LogP contribution in [0.3, 0.4) is 0 Å². The number of hydrogen-bond donors (Lipinski definition) is 13. The Labute approximate surface area is 440 Å². The number of rotatable bonds is 30. The van der Waals surface area contributed by atoms with Gasteiger partial charge in [-0.3, -0.25) is 43.2 Å². The van der Waals surface area contributed by atoms with Crippen molar-refractivity contribution in [2.75, 3.05) is 13.2 Å². The number of H-pyrrole nitrogens is 2. The zero-order valence-corrected chi connectivity index (χ0v) is 43.7. The van der Waals surface area contributed by atoms with Crippen molar-refractivity contribution in [3.63, 3.8) is 0 Å². The number of nitrogens with zero attached hydrogens (tertiary/aromatic N) is 3. The fourth-order valence-electron chi connectivity index (χ4n) is 8.53. The predicted octanol–water partition coefficient (Wildman–Crippen LogP) is -2.43. The number of aliphatic hydroxyl groups is 1. The van der Waals surface area contributed by atoms with Crippen molar-refractivity contribution in [1.82, 2.24) is 62.1 Å². The largest absolute Gasteiger partial charge is 0.480 e. The van der Waals surface area contributed by atoms with Crippen LogP contribution in [0.4, 0.5) is 0 Å². The number of carboxylic acids is 1. The molecule has 0 aliphatic carbocycles. The molecule has 76 heavy (non-hydrogen) atoms. The van der Waals surface area contributed by atoms with Gasteiger partial charge in [0.25, 0.3) is 0 Å². The van der Waals surface area contributed by atoms with Crippen LogP contribution in [0.15, 0.2) is 55.4 Å².